The molecule has 3 aromatic rings. The number of rotatable bonds is 3. The lowest BCUT2D eigenvalue weighted by Crippen LogP contribution is -2.26. The number of hydrogen-bond donors (Lipinski definition) is 1. The van der Waals surface area contributed by atoms with Gasteiger partial charge in [0.05, 0.1) is 16.6 Å². The highest BCUT2D eigenvalue weighted by atomic mass is 127. The van der Waals surface area contributed by atoms with E-state index in [-0.39, 0.29) is 11.5 Å². The summed E-state index contributed by atoms with van der Waals surface area (Å²) in [6.07, 6.45) is 3.61. The van der Waals surface area contributed by atoms with E-state index in [1.165, 1.54) is 10.9 Å². The molecular weight excluding hydrogens is 429 g/mol. The van der Waals surface area contributed by atoms with Crippen LogP contribution in [0.3, 0.4) is 0 Å². The summed E-state index contributed by atoms with van der Waals surface area (Å²) in [5.74, 6) is -0.0971. The largest absolute Gasteiger partial charge is 0.349 e. The normalized spacial score (nSPS) is 13.8. The van der Waals surface area contributed by atoms with Crippen LogP contribution in [0.25, 0.3) is 16.6 Å². The summed E-state index contributed by atoms with van der Waals surface area (Å²) in [4.78, 5) is 29.6. The average molecular weight is 445 g/mol. The highest BCUT2D eigenvalue weighted by molar-refractivity contribution is 14.1. The third-order valence-corrected chi connectivity index (χ3v) is 5.03. The molecule has 4 rings (SSSR count). The van der Waals surface area contributed by atoms with Gasteiger partial charge < -0.3 is 5.32 Å². The molecular formula is C19H16IN3O2. The zero-order chi connectivity index (χ0) is 17.6. The number of nitrogens with one attached hydrogen (secondary N) is 1. The Morgan fingerprint density at radius 3 is 2.80 bits per heavy atom. The molecule has 25 heavy (non-hydrogen) atoms. The summed E-state index contributed by atoms with van der Waals surface area (Å²) in [7, 11) is 0. The molecule has 1 aromatic heterocycles. The predicted molar refractivity (Wildman–Crippen MR) is 105 cm³/mol. The number of nitrogens with zero attached hydrogens (tertiary/aromatic N) is 2. The maximum absolute atomic E-state index is 12.9. The minimum Gasteiger partial charge on any atom is -0.349 e. The van der Waals surface area contributed by atoms with E-state index in [9.17, 15) is 9.59 Å². The Kier molecular flexibility index (Phi) is 4.07. The van der Waals surface area contributed by atoms with E-state index in [1.807, 2.05) is 31.2 Å². The predicted octanol–water partition coefficient (Wildman–Crippen LogP) is 3.19. The SMILES string of the molecule is Cc1ccc(C(=O)NC2CC2)cc1-n1cnc2ccc(I)cc2c1=O. The minimum atomic E-state index is -0.133. The lowest BCUT2D eigenvalue weighted by Gasteiger charge is -2.12. The first kappa shape index (κ1) is 16.3. The highest BCUT2D eigenvalue weighted by Gasteiger charge is 2.24. The molecule has 0 saturated heterocycles. The topological polar surface area (TPSA) is 64.0 Å². The maximum Gasteiger partial charge on any atom is 0.265 e. The third kappa shape index (κ3) is 3.18. The van der Waals surface area contributed by atoms with Crippen LogP contribution in [0.15, 0.2) is 47.5 Å². The second kappa shape index (κ2) is 6.25. The number of carbonyl (C=O) groups excluding carboxylic acids is 1. The van der Waals surface area contributed by atoms with Crippen LogP contribution in [-0.4, -0.2) is 21.5 Å². The van der Waals surface area contributed by atoms with Gasteiger partial charge in [0.1, 0.15) is 6.33 Å². The molecule has 1 aliphatic rings. The van der Waals surface area contributed by atoms with Gasteiger partial charge in [-0.15, -0.1) is 0 Å². The van der Waals surface area contributed by atoms with Crippen LogP contribution in [0.5, 0.6) is 0 Å². The van der Waals surface area contributed by atoms with Crippen molar-refractivity contribution in [1.82, 2.24) is 14.9 Å². The lowest BCUT2D eigenvalue weighted by atomic mass is 10.1. The molecule has 0 spiro atoms. The number of carbonyl (C=O) groups is 1. The van der Waals surface area contributed by atoms with Gasteiger partial charge in [-0.3, -0.25) is 14.2 Å². The molecule has 0 radical (unpaired) electrons. The lowest BCUT2D eigenvalue weighted by molar-refractivity contribution is 0.0951. The summed E-state index contributed by atoms with van der Waals surface area (Å²) >= 11 is 2.18. The molecule has 1 heterocycles. The second-order valence-corrected chi connectivity index (χ2v) is 7.58. The van der Waals surface area contributed by atoms with Crippen molar-refractivity contribution < 1.29 is 4.79 Å². The van der Waals surface area contributed by atoms with Crippen LogP contribution in [0.4, 0.5) is 0 Å². The molecule has 1 saturated carbocycles. The van der Waals surface area contributed by atoms with Crippen molar-refractivity contribution in [2.24, 2.45) is 0 Å². The molecule has 126 valence electrons. The van der Waals surface area contributed by atoms with Gasteiger partial charge in [-0.2, -0.15) is 0 Å². The first-order valence-corrected chi connectivity index (χ1v) is 9.19. The van der Waals surface area contributed by atoms with E-state index in [2.05, 4.69) is 32.9 Å². The van der Waals surface area contributed by atoms with Crippen LogP contribution in [-0.2, 0) is 0 Å². The Morgan fingerprint density at radius 2 is 2.04 bits per heavy atom. The van der Waals surface area contributed by atoms with Crippen molar-refractivity contribution in [3.8, 4) is 5.69 Å². The van der Waals surface area contributed by atoms with Gasteiger partial charge in [0.2, 0.25) is 0 Å². The molecule has 6 heteroatoms. The van der Waals surface area contributed by atoms with E-state index < -0.39 is 0 Å². The van der Waals surface area contributed by atoms with Crippen LogP contribution in [0, 0.1) is 10.5 Å². The highest BCUT2D eigenvalue weighted by Crippen LogP contribution is 2.21. The van der Waals surface area contributed by atoms with Gasteiger partial charge in [0, 0.05) is 15.2 Å². The zero-order valence-electron chi connectivity index (χ0n) is 13.6. The Labute approximate surface area is 158 Å². The van der Waals surface area contributed by atoms with Crippen molar-refractivity contribution >= 4 is 39.4 Å². The Balaban J connectivity index is 1.83. The third-order valence-electron chi connectivity index (χ3n) is 4.36. The van der Waals surface area contributed by atoms with E-state index >= 15 is 0 Å². The monoisotopic (exact) mass is 445 g/mol. The van der Waals surface area contributed by atoms with Crippen LogP contribution in [0.2, 0.25) is 0 Å². The zero-order valence-corrected chi connectivity index (χ0v) is 15.8. The number of fused-ring (bicyclic) bond motifs is 1. The minimum absolute atomic E-state index is 0.0971. The van der Waals surface area contributed by atoms with Gasteiger partial charge in [-0.1, -0.05) is 6.07 Å². The second-order valence-electron chi connectivity index (χ2n) is 6.33. The fourth-order valence-corrected chi connectivity index (χ4v) is 3.26. The van der Waals surface area contributed by atoms with Gasteiger partial charge in [-0.25, -0.2) is 4.98 Å². The molecule has 1 amide bonds. The first-order chi connectivity index (χ1) is 12.0. The Hall–Kier alpha value is -2.22. The van der Waals surface area contributed by atoms with E-state index in [0.717, 1.165) is 22.0 Å². The van der Waals surface area contributed by atoms with Gasteiger partial charge in [0.25, 0.3) is 11.5 Å². The summed E-state index contributed by atoms with van der Waals surface area (Å²) in [5.41, 5.74) is 2.69. The van der Waals surface area contributed by atoms with Crippen LogP contribution < -0.4 is 10.9 Å². The molecule has 1 aliphatic carbocycles. The number of hydrogen-bond acceptors (Lipinski definition) is 3. The number of halogens is 1. The van der Waals surface area contributed by atoms with Crippen LogP contribution in [0.1, 0.15) is 28.8 Å². The van der Waals surface area contributed by atoms with Gasteiger partial charge in [-0.05, 0) is 78.3 Å². The Bertz CT molecular complexity index is 1050. The van der Waals surface area contributed by atoms with E-state index in [4.69, 9.17) is 0 Å². The van der Waals surface area contributed by atoms with Crippen LogP contribution >= 0.6 is 22.6 Å². The number of benzene rings is 2. The molecule has 1 fully saturated rings. The number of aromatic nitrogens is 2. The van der Waals surface area contributed by atoms with E-state index in [1.54, 1.807) is 12.1 Å². The van der Waals surface area contributed by atoms with Crippen molar-refractivity contribution in [3.63, 3.8) is 0 Å². The fourth-order valence-electron chi connectivity index (χ4n) is 2.77. The maximum atomic E-state index is 12.9. The smallest absolute Gasteiger partial charge is 0.265 e. The molecule has 0 bridgehead atoms. The van der Waals surface area contributed by atoms with E-state index in [0.29, 0.717) is 28.2 Å². The summed E-state index contributed by atoms with van der Waals surface area (Å²) < 4.78 is 2.50. The quantitative estimate of drug-likeness (QED) is 0.630. The van der Waals surface area contributed by atoms with Crippen molar-refractivity contribution in [1.29, 1.82) is 0 Å². The standard InChI is InChI=1S/C19H16IN3O2/c1-11-2-3-12(18(24)22-14-5-6-14)8-17(11)23-10-21-16-7-4-13(20)9-15(16)19(23)25/h2-4,7-10,14H,5-6H2,1H3,(H,22,24). The molecule has 1 N–H and O–H groups in total. The number of aryl methyl sites for hydroxylation is 1. The van der Waals surface area contributed by atoms with Crippen molar-refractivity contribution in [2.45, 2.75) is 25.8 Å². The molecule has 5 nitrogen and oxygen atoms in total. The average Bonchev–Trinajstić information content (AvgIpc) is 3.40. The summed E-state index contributed by atoms with van der Waals surface area (Å²) in [6, 6.07) is 11.3. The Morgan fingerprint density at radius 1 is 1.24 bits per heavy atom. The molecule has 0 unspecified atom stereocenters. The molecule has 0 atom stereocenters. The molecule has 2 aromatic carbocycles. The van der Waals surface area contributed by atoms with Gasteiger partial charge in [0.15, 0.2) is 0 Å². The molecule has 0 aliphatic heterocycles. The fraction of sp³-hybridized carbons (Fsp3) is 0.211. The number of amides is 1. The van der Waals surface area contributed by atoms with Crippen molar-refractivity contribution in [2.75, 3.05) is 0 Å². The summed E-state index contributed by atoms with van der Waals surface area (Å²) in [5, 5.41) is 3.55. The summed E-state index contributed by atoms with van der Waals surface area (Å²) in [6.45, 7) is 1.92. The van der Waals surface area contributed by atoms with Crippen molar-refractivity contribution in [3.05, 3.63) is 67.8 Å². The first-order valence-electron chi connectivity index (χ1n) is 8.12. The van der Waals surface area contributed by atoms with Gasteiger partial charge >= 0.3 is 0 Å².